The van der Waals surface area contributed by atoms with Crippen molar-refractivity contribution in [2.24, 2.45) is 5.92 Å². The molecule has 4 rings (SSSR count). The summed E-state index contributed by atoms with van der Waals surface area (Å²) in [6, 6.07) is 11.1. The van der Waals surface area contributed by atoms with Gasteiger partial charge < -0.3 is 10.1 Å². The molecule has 3 heterocycles. The summed E-state index contributed by atoms with van der Waals surface area (Å²) in [5.41, 5.74) is 4.11. The molecule has 1 atom stereocenters. The molecule has 3 aromatic rings. The second kappa shape index (κ2) is 9.06. The van der Waals surface area contributed by atoms with Crippen LogP contribution < -0.4 is 10.9 Å². The number of hydrogen-bond donors (Lipinski definition) is 2. The summed E-state index contributed by atoms with van der Waals surface area (Å²) >= 11 is 0. The molecule has 2 aromatic heterocycles. The molecule has 7 heteroatoms. The van der Waals surface area contributed by atoms with E-state index in [4.69, 9.17) is 9.72 Å². The van der Waals surface area contributed by atoms with Crippen LogP contribution in [0.25, 0.3) is 5.65 Å². The Balaban J connectivity index is 1.57. The molecule has 1 aromatic carbocycles. The van der Waals surface area contributed by atoms with Crippen LogP contribution in [0.3, 0.4) is 0 Å². The van der Waals surface area contributed by atoms with Crippen LogP contribution in [0, 0.1) is 12.8 Å². The lowest BCUT2D eigenvalue weighted by Gasteiger charge is -2.22. The lowest BCUT2D eigenvalue weighted by atomic mass is 9.97. The summed E-state index contributed by atoms with van der Waals surface area (Å²) in [4.78, 5) is 30.3. The van der Waals surface area contributed by atoms with Gasteiger partial charge in [-0.15, -0.1) is 0 Å². The van der Waals surface area contributed by atoms with E-state index >= 15 is 0 Å². The molecule has 7 nitrogen and oxygen atoms in total. The van der Waals surface area contributed by atoms with Crippen LogP contribution >= 0.6 is 0 Å². The molecule has 0 bridgehead atoms. The third-order valence-electron chi connectivity index (χ3n) is 5.90. The molecule has 0 aliphatic carbocycles. The molecule has 1 fully saturated rings. The minimum Gasteiger partial charge on any atom is -0.381 e. The molecule has 0 unspecified atom stereocenters. The first-order valence-corrected chi connectivity index (χ1v) is 11.0. The highest BCUT2D eigenvalue weighted by atomic mass is 16.5. The Kier molecular flexibility index (Phi) is 6.23. The van der Waals surface area contributed by atoms with Gasteiger partial charge in [0.1, 0.15) is 0 Å². The van der Waals surface area contributed by atoms with E-state index in [1.54, 1.807) is 0 Å². The molecule has 1 aliphatic heterocycles. The number of ether oxygens (including phenoxy) is 1. The molecule has 0 radical (unpaired) electrons. The van der Waals surface area contributed by atoms with Crippen molar-refractivity contribution in [2.45, 2.75) is 52.0 Å². The van der Waals surface area contributed by atoms with E-state index in [1.165, 1.54) is 10.6 Å². The van der Waals surface area contributed by atoms with Crippen LogP contribution in [-0.2, 0) is 16.0 Å². The monoisotopic (exact) mass is 422 g/mol. The maximum absolute atomic E-state index is 12.8. The third kappa shape index (κ3) is 4.88. The summed E-state index contributed by atoms with van der Waals surface area (Å²) < 4.78 is 6.93. The van der Waals surface area contributed by atoms with Crippen molar-refractivity contribution in [1.29, 1.82) is 0 Å². The highest BCUT2D eigenvalue weighted by Gasteiger charge is 2.23. The molecule has 1 saturated heterocycles. The zero-order valence-corrected chi connectivity index (χ0v) is 18.4. The second-order valence-corrected chi connectivity index (χ2v) is 8.77. The number of carbonyl (C=O) groups is 1. The Morgan fingerprint density at radius 2 is 2.03 bits per heavy atom. The fourth-order valence-corrected chi connectivity index (χ4v) is 4.22. The lowest BCUT2D eigenvalue weighted by molar-refractivity contribution is -0.121. The number of benzene rings is 1. The number of amides is 1. The predicted molar refractivity (Wildman–Crippen MR) is 119 cm³/mol. The van der Waals surface area contributed by atoms with Crippen LogP contribution in [0.5, 0.6) is 0 Å². The van der Waals surface area contributed by atoms with E-state index < -0.39 is 0 Å². The molecule has 31 heavy (non-hydrogen) atoms. The van der Waals surface area contributed by atoms with E-state index in [0.717, 1.165) is 42.9 Å². The first-order chi connectivity index (χ1) is 14.9. The summed E-state index contributed by atoms with van der Waals surface area (Å²) in [5, 5.41) is 6.29. The van der Waals surface area contributed by atoms with Gasteiger partial charge in [-0.1, -0.05) is 43.7 Å². The van der Waals surface area contributed by atoms with Crippen LogP contribution in [0.2, 0.25) is 0 Å². The van der Waals surface area contributed by atoms with Crippen molar-refractivity contribution in [2.75, 3.05) is 13.2 Å². The number of aromatic nitrogens is 3. The maximum atomic E-state index is 12.8. The summed E-state index contributed by atoms with van der Waals surface area (Å²) in [7, 11) is 0. The SMILES string of the molecule is Cc1cccc(CC(=O)N[C@H](c2cc(=O)n3[nH]c(C4CCOCC4)cc3n2)C(C)C)c1. The Labute approximate surface area is 181 Å². The van der Waals surface area contributed by atoms with Crippen molar-refractivity contribution in [3.63, 3.8) is 0 Å². The standard InChI is InChI=1S/C24H30N4O3/c1-15(2)24(26-22(29)12-17-6-4-5-16(3)11-17)20-14-23(30)28-21(25-20)13-19(27-28)18-7-9-31-10-8-18/h4-6,11,13-15,18,24,27H,7-10,12H2,1-3H3,(H,26,29)/t24-/m0/s1. The predicted octanol–water partition coefficient (Wildman–Crippen LogP) is 3.28. The minimum atomic E-state index is -0.337. The van der Waals surface area contributed by atoms with Gasteiger partial charge in [0.15, 0.2) is 5.65 Å². The van der Waals surface area contributed by atoms with Gasteiger partial charge >= 0.3 is 0 Å². The van der Waals surface area contributed by atoms with Crippen molar-refractivity contribution >= 4 is 11.6 Å². The van der Waals surface area contributed by atoms with E-state index in [0.29, 0.717) is 23.7 Å². The van der Waals surface area contributed by atoms with E-state index in [-0.39, 0.29) is 23.4 Å². The average Bonchev–Trinajstić information content (AvgIpc) is 3.17. The fourth-order valence-electron chi connectivity index (χ4n) is 4.22. The second-order valence-electron chi connectivity index (χ2n) is 8.77. The number of nitrogens with zero attached hydrogens (tertiary/aromatic N) is 2. The average molecular weight is 423 g/mol. The molecule has 1 aliphatic rings. The number of carbonyl (C=O) groups excluding carboxylic acids is 1. The van der Waals surface area contributed by atoms with Gasteiger partial charge in [0, 0.05) is 37.0 Å². The summed E-state index contributed by atoms with van der Waals surface area (Å²) in [5.74, 6) is 0.348. The Hall–Kier alpha value is -2.93. The molecule has 164 valence electrons. The van der Waals surface area contributed by atoms with E-state index in [2.05, 4.69) is 10.4 Å². The zero-order valence-electron chi connectivity index (χ0n) is 18.4. The van der Waals surface area contributed by atoms with Gasteiger partial charge in [0.05, 0.1) is 18.2 Å². The minimum absolute atomic E-state index is 0.0803. The molecule has 0 spiro atoms. The Morgan fingerprint density at radius 1 is 1.26 bits per heavy atom. The van der Waals surface area contributed by atoms with Gasteiger partial charge in [-0.3, -0.25) is 14.7 Å². The molecule has 0 saturated carbocycles. The molecule has 1 amide bonds. The normalized spacial score (nSPS) is 16.0. The third-order valence-corrected chi connectivity index (χ3v) is 5.90. The van der Waals surface area contributed by atoms with Gasteiger partial charge in [0.25, 0.3) is 5.56 Å². The van der Waals surface area contributed by atoms with Crippen molar-refractivity contribution in [3.05, 3.63) is 69.3 Å². The van der Waals surface area contributed by atoms with Crippen LogP contribution in [0.4, 0.5) is 0 Å². The van der Waals surface area contributed by atoms with Crippen molar-refractivity contribution < 1.29 is 9.53 Å². The number of rotatable bonds is 6. The number of nitrogens with one attached hydrogen (secondary N) is 2. The number of hydrogen-bond acceptors (Lipinski definition) is 4. The summed E-state index contributed by atoms with van der Waals surface area (Å²) in [6.45, 7) is 7.51. The van der Waals surface area contributed by atoms with Crippen LogP contribution in [0.1, 0.15) is 61.2 Å². The first kappa shape index (κ1) is 21.3. The van der Waals surface area contributed by atoms with Crippen LogP contribution in [-0.4, -0.2) is 33.7 Å². The molecular weight excluding hydrogens is 392 g/mol. The fraction of sp³-hybridized carbons (Fsp3) is 0.458. The molecule has 2 N–H and O–H groups in total. The first-order valence-electron chi connectivity index (χ1n) is 11.0. The lowest BCUT2D eigenvalue weighted by Crippen LogP contribution is -2.34. The quantitative estimate of drug-likeness (QED) is 0.638. The highest BCUT2D eigenvalue weighted by molar-refractivity contribution is 5.79. The molecular formula is C24H30N4O3. The maximum Gasteiger partial charge on any atom is 0.272 e. The topological polar surface area (TPSA) is 88.5 Å². The zero-order chi connectivity index (χ0) is 22.0. The summed E-state index contributed by atoms with van der Waals surface area (Å²) in [6.07, 6.45) is 2.15. The number of aryl methyl sites for hydroxylation is 1. The Morgan fingerprint density at radius 3 is 2.74 bits per heavy atom. The number of fused-ring (bicyclic) bond motifs is 1. The van der Waals surface area contributed by atoms with Crippen LogP contribution in [0.15, 0.2) is 41.2 Å². The van der Waals surface area contributed by atoms with E-state index in [1.807, 2.05) is 51.1 Å². The largest absolute Gasteiger partial charge is 0.381 e. The number of aromatic amines is 1. The number of H-pyrrole nitrogens is 1. The highest BCUT2D eigenvalue weighted by Crippen LogP contribution is 2.26. The van der Waals surface area contributed by atoms with Gasteiger partial charge in [0.2, 0.25) is 5.91 Å². The Bertz CT molecular complexity index is 1130. The van der Waals surface area contributed by atoms with Gasteiger partial charge in [-0.25, -0.2) is 9.50 Å². The van der Waals surface area contributed by atoms with Gasteiger partial charge in [-0.2, -0.15) is 0 Å². The van der Waals surface area contributed by atoms with Crippen molar-refractivity contribution in [3.8, 4) is 0 Å². The van der Waals surface area contributed by atoms with Gasteiger partial charge in [-0.05, 0) is 31.2 Å². The van der Waals surface area contributed by atoms with Crippen molar-refractivity contribution in [1.82, 2.24) is 19.9 Å². The van der Waals surface area contributed by atoms with E-state index in [9.17, 15) is 9.59 Å². The smallest absolute Gasteiger partial charge is 0.272 e.